The van der Waals surface area contributed by atoms with E-state index in [9.17, 15) is 0 Å². The van der Waals surface area contributed by atoms with Crippen LogP contribution < -0.4 is 5.32 Å². The number of hydrogen-bond acceptors (Lipinski definition) is 2. The third kappa shape index (κ3) is 5.61. The van der Waals surface area contributed by atoms with Gasteiger partial charge in [-0.05, 0) is 57.5 Å². The van der Waals surface area contributed by atoms with Gasteiger partial charge in [-0.2, -0.15) is 0 Å². The highest BCUT2D eigenvalue weighted by molar-refractivity contribution is 6.31. The van der Waals surface area contributed by atoms with Gasteiger partial charge in [0.2, 0.25) is 0 Å². The van der Waals surface area contributed by atoms with Crippen LogP contribution in [0.15, 0.2) is 24.3 Å². The highest BCUT2D eigenvalue weighted by atomic mass is 35.5. The van der Waals surface area contributed by atoms with Crippen LogP contribution in [0.25, 0.3) is 0 Å². The minimum Gasteiger partial charge on any atom is -0.316 e. The molecule has 0 aliphatic carbocycles. The average Bonchev–Trinajstić information content (AvgIpc) is 2.45. The highest BCUT2D eigenvalue weighted by Gasteiger charge is 2.23. The molecule has 1 N–H and O–H groups in total. The quantitative estimate of drug-likeness (QED) is 0.754. The lowest BCUT2D eigenvalue weighted by molar-refractivity contribution is 0.149. The first-order chi connectivity index (χ1) is 9.84. The van der Waals surface area contributed by atoms with Crippen LogP contribution in [0, 0.1) is 11.8 Å². The maximum atomic E-state index is 6.33. The smallest absolute Gasteiger partial charge is 0.0453 e. The SMILES string of the molecule is CC(C)CNCC(C)C(C)N(C)C(C)c1ccccc1Cl. The summed E-state index contributed by atoms with van der Waals surface area (Å²) in [7, 11) is 2.19. The Balaban J connectivity index is 2.60. The molecule has 0 aliphatic heterocycles. The number of rotatable bonds is 8. The van der Waals surface area contributed by atoms with E-state index in [4.69, 9.17) is 11.6 Å². The minimum atomic E-state index is 0.321. The molecule has 0 bridgehead atoms. The van der Waals surface area contributed by atoms with Crippen LogP contribution in [0.4, 0.5) is 0 Å². The summed E-state index contributed by atoms with van der Waals surface area (Å²) < 4.78 is 0. The van der Waals surface area contributed by atoms with Crippen molar-refractivity contribution < 1.29 is 0 Å². The van der Waals surface area contributed by atoms with Crippen LogP contribution in [0.1, 0.15) is 46.2 Å². The fourth-order valence-corrected chi connectivity index (χ4v) is 2.85. The molecular formula is C18H31ClN2. The Kier molecular flexibility index (Phi) is 7.72. The van der Waals surface area contributed by atoms with E-state index < -0.39 is 0 Å². The first-order valence-corrected chi connectivity index (χ1v) is 8.39. The van der Waals surface area contributed by atoms with Crippen LogP contribution in [-0.2, 0) is 0 Å². The van der Waals surface area contributed by atoms with E-state index in [1.54, 1.807) is 0 Å². The molecule has 0 saturated heterocycles. The fraction of sp³-hybridized carbons (Fsp3) is 0.667. The van der Waals surface area contributed by atoms with Crippen LogP contribution >= 0.6 is 11.6 Å². The van der Waals surface area contributed by atoms with Crippen LogP contribution in [-0.4, -0.2) is 31.1 Å². The predicted molar refractivity (Wildman–Crippen MR) is 94.0 cm³/mol. The Morgan fingerprint density at radius 2 is 1.67 bits per heavy atom. The van der Waals surface area contributed by atoms with Crippen LogP contribution in [0.3, 0.4) is 0 Å². The van der Waals surface area contributed by atoms with Crippen molar-refractivity contribution in [2.75, 3.05) is 20.1 Å². The van der Waals surface area contributed by atoms with E-state index in [1.807, 2.05) is 12.1 Å². The molecule has 3 atom stereocenters. The van der Waals surface area contributed by atoms with Gasteiger partial charge in [0.25, 0.3) is 0 Å². The summed E-state index contributed by atoms with van der Waals surface area (Å²) in [6, 6.07) is 8.96. The number of nitrogens with zero attached hydrogens (tertiary/aromatic N) is 1. The zero-order valence-corrected chi connectivity index (χ0v) is 15.1. The maximum absolute atomic E-state index is 6.33. The fourth-order valence-electron chi connectivity index (χ4n) is 2.56. The summed E-state index contributed by atoms with van der Waals surface area (Å²) >= 11 is 6.33. The molecule has 0 amide bonds. The van der Waals surface area contributed by atoms with Crippen LogP contribution in [0.2, 0.25) is 5.02 Å². The molecule has 1 aromatic rings. The second-order valence-electron chi connectivity index (χ2n) is 6.63. The maximum Gasteiger partial charge on any atom is 0.0453 e. The zero-order valence-electron chi connectivity index (χ0n) is 14.4. The van der Waals surface area contributed by atoms with Gasteiger partial charge in [-0.15, -0.1) is 0 Å². The van der Waals surface area contributed by atoms with Crippen molar-refractivity contribution in [3.8, 4) is 0 Å². The third-order valence-electron chi connectivity index (χ3n) is 4.45. The van der Waals surface area contributed by atoms with Gasteiger partial charge in [-0.3, -0.25) is 4.90 Å². The van der Waals surface area contributed by atoms with Crippen molar-refractivity contribution in [3.63, 3.8) is 0 Å². The van der Waals surface area contributed by atoms with Crippen molar-refractivity contribution in [2.45, 2.75) is 46.7 Å². The van der Waals surface area contributed by atoms with E-state index in [0.29, 0.717) is 23.9 Å². The van der Waals surface area contributed by atoms with Gasteiger partial charge in [0.15, 0.2) is 0 Å². The Labute approximate surface area is 135 Å². The first-order valence-electron chi connectivity index (χ1n) is 8.01. The summed E-state index contributed by atoms with van der Waals surface area (Å²) in [6.07, 6.45) is 0. The second kappa shape index (κ2) is 8.77. The number of benzene rings is 1. The topological polar surface area (TPSA) is 15.3 Å². The van der Waals surface area contributed by atoms with E-state index in [0.717, 1.165) is 18.1 Å². The van der Waals surface area contributed by atoms with Gasteiger partial charge in [0.05, 0.1) is 0 Å². The standard InChI is InChI=1S/C18H31ClN2/c1-13(2)11-20-12-14(3)15(4)21(6)16(5)17-9-7-8-10-18(17)19/h7-10,13-16,20H,11-12H2,1-6H3. The molecule has 120 valence electrons. The largest absolute Gasteiger partial charge is 0.316 e. The molecule has 3 unspecified atom stereocenters. The van der Waals surface area contributed by atoms with Crippen molar-refractivity contribution >= 4 is 11.6 Å². The summed E-state index contributed by atoms with van der Waals surface area (Å²) in [5, 5.41) is 4.41. The Morgan fingerprint density at radius 3 is 2.24 bits per heavy atom. The van der Waals surface area contributed by atoms with Crippen molar-refractivity contribution in [3.05, 3.63) is 34.9 Å². The summed E-state index contributed by atoms with van der Waals surface area (Å²) in [4.78, 5) is 2.42. The molecular weight excluding hydrogens is 280 g/mol. The van der Waals surface area contributed by atoms with E-state index in [2.05, 4.69) is 64.0 Å². The zero-order chi connectivity index (χ0) is 16.0. The second-order valence-corrected chi connectivity index (χ2v) is 7.04. The average molecular weight is 311 g/mol. The van der Waals surface area contributed by atoms with Crippen LogP contribution in [0.5, 0.6) is 0 Å². The van der Waals surface area contributed by atoms with E-state index >= 15 is 0 Å². The summed E-state index contributed by atoms with van der Waals surface area (Å²) in [5.74, 6) is 1.30. The van der Waals surface area contributed by atoms with Gasteiger partial charge in [0.1, 0.15) is 0 Å². The molecule has 21 heavy (non-hydrogen) atoms. The molecule has 0 aliphatic rings. The van der Waals surface area contributed by atoms with E-state index in [1.165, 1.54) is 5.56 Å². The van der Waals surface area contributed by atoms with Crippen molar-refractivity contribution in [2.24, 2.45) is 11.8 Å². The van der Waals surface area contributed by atoms with Gasteiger partial charge >= 0.3 is 0 Å². The van der Waals surface area contributed by atoms with Gasteiger partial charge in [0, 0.05) is 17.1 Å². The lowest BCUT2D eigenvalue weighted by Gasteiger charge is -2.35. The lowest BCUT2D eigenvalue weighted by Crippen LogP contribution is -2.40. The molecule has 0 spiro atoms. The summed E-state index contributed by atoms with van der Waals surface area (Å²) in [5.41, 5.74) is 1.20. The molecule has 2 nitrogen and oxygen atoms in total. The van der Waals surface area contributed by atoms with Crippen molar-refractivity contribution in [1.82, 2.24) is 10.2 Å². The molecule has 1 rings (SSSR count). The Morgan fingerprint density at radius 1 is 1.05 bits per heavy atom. The normalized spacial score (nSPS) is 16.2. The number of hydrogen-bond donors (Lipinski definition) is 1. The predicted octanol–water partition coefficient (Wildman–Crippen LogP) is 4.60. The third-order valence-corrected chi connectivity index (χ3v) is 4.80. The molecule has 0 heterocycles. The van der Waals surface area contributed by atoms with Gasteiger partial charge in [-0.25, -0.2) is 0 Å². The monoisotopic (exact) mass is 310 g/mol. The molecule has 0 fully saturated rings. The Hall–Kier alpha value is -0.570. The Bertz CT molecular complexity index is 419. The lowest BCUT2D eigenvalue weighted by atomic mass is 9.98. The first kappa shape index (κ1) is 18.5. The van der Waals surface area contributed by atoms with Crippen molar-refractivity contribution in [1.29, 1.82) is 0 Å². The number of halogens is 1. The molecule has 0 radical (unpaired) electrons. The molecule has 0 saturated carbocycles. The van der Waals surface area contributed by atoms with E-state index in [-0.39, 0.29) is 0 Å². The minimum absolute atomic E-state index is 0.321. The molecule has 1 aromatic carbocycles. The van der Waals surface area contributed by atoms with Gasteiger partial charge in [-0.1, -0.05) is 50.6 Å². The highest BCUT2D eigenvalue weighted by Crippen LogP contribution is 2.28. The van der Waals surface area contributed by atoms with Gasteiger partial charge < -0.3 is 5.32 Å². The summed E-state index contributed by atoms with van der Waals surface area (Å²) in [6.45, 7) is 13.5. The molecule has 3 heteroatoms. The number of nitrogens with one attached hydrogen (secondary N) is 1. The molecule has 0 aromatic heterocycles.